The Balaban J connectivity index is 1.42. The highest BCUT2D eigenvalue weighted by atomic mass is 19.1. The van der Waals surface area contributed by atoms with Crippen molar-refractivity contribution in [2.75, 3.05) is 6.54 Å². The summed E-state index contributed by atoms with van der Waals surface area (Å²) in [5.41, 5.74) is 2.31. The summed E-state index contributed by atoms with van der Waals surface area (Å²) in [5.74, 6) is -1.16. The van der Waals surface area contributed by atoms with E-state index in [0.29, 0.717) is 18.7 Å². The van der Waals surface area contributed by atoms with Crippen molar-refractivity contribution >= 4 is 11.8 Å². The van der Waals surface area contributed by atoms with Crippen LogP contribution in [0.15, 0.2) is 61.2 Å². The smallest absolute Gasteiger partial charge is 0.251 e. The van der Waals surface area contributed by atoms with Gasteiger partial charge >= 0.3 is 0 Å². The van der Waals surface area contributed by atoms with Gasteiger partial charge < -0.3 is 10.6 Å². The summed E-state index contributed by atoms with van der Waals surface area (Å²) < 4.78 is 14.6. The number of halogens is 1. The summed E-state index contributed by atoms with van der Waals surface area (Å²) in [6, 6.07) is 12.9. The largest absolute Gasteiger partial charge is 0.350 e. The number of nitrogens with zero attached hydrogens (tertiary/aromatic N) is 3. The monoisotopic (exact) mass is 367 g/mol. The molecule has 138 valence electrons. The molecular formula is C19H18FN5O2. The van der Waals surface area contributed by atoms with Crippen LogP contribution in [0.3, 0.4) is 0 Å². The molecule has 0 aliphatic carbocycles. The van der Waals surface area contributed by atoms with Crippen molar-refractivity contribution in [2.45, 2.75) is 13.1 Å². The average molecular weight is 367 g/mol. The fourth-order valence-corrected chi connectivity index (χ4v) is 2.39. The first-order valence-corrected chi connectivity index (χ1v) is 8.31. The van der Waals surface area contributed by atoms with Gasteiger partial charge in [0, 0.05) is 12.1 Å². The first-order valence-electron chi connectivity index (χ1n) is 8.31. The predicted molar refractivity (Wildman–Crippen MR) is 96.1 cm³/mol. The second-order valence-corrected chi connectivity index (χ2v) is 5.88. The van der Waals surface area contributed by atoms with Gasteiger partial charge in [-0.3, -0.25) is 9.59 Å². The SMILES string of the molecule is O=C(CNC(=O)c1ccc(F)cc1)NCc1ccc(Cn2cncn2)cc1. The van der Waals surface area contributed by atoms with Crippen LogP contribution in [0.25, 0.3) is 0 Å². The van der Waals surface area contributed by atoms with E-state index in [0.717, 1.165) is 11.1 Å². The van der Waals surface area contributed by atoms with Gasteiger partial charge in [0.2, 0.25) is 5.91 Å². The van der Waals surface area contributed by atoms with Gasteiger partial charge in [-0.05, 0) is 35.4 Å². The van der Waals surface area contributed by atoms with E-state index < -0.39 is 11.7 Å². The summed E-state index contributed by atoms with van der Waals surface area (Å²) in [4.78, 5) is 27.7. The summed E-state index contributed by atoms with van der Waals surface area (Å²) in [6.45, 7) is 0.831. The average Bonchev–Trinajstić information content (AvgIpc) is 3.19. The highest BCUT2D eigenvalue weighted by Crippen LogP contribution is 2.06. The number of benzene rings is 2. The molecule has 0 unspecified atom stereocenters. The quantitative estimate of drug-likeness (QED) is 0.663. The summed E-state index contributed by atoms with van der Waals surface area (Å²) in [7, 11) is 0. The summed E-state index contributed by atoms with van der Waals surface area (Å²) in [5, 5.41) is 9.29. The maximum absolute atomic E-state index is 12.8. The van der Waals surface area contributed by atoms with Crippen molar-refractivity contribution < 1.29 is 14.0 Å². The Kier molecular flexibility index (Phi) is 5.88. The maximum atomic E-state index is 12.8. The normalized spacial score (nSPS) is 10.4. The minimum atomic E-state index is -0.428. The second-order valence-electron chi connectivity index (χ2n) is 5.88. The molecule has 0 saturated carbocycles. The molecule has 0 aliphatic rings. The van der Waals surface area contributed by atoms with Crippen LogP contribution in [-0.4, -0.2) is 33.1 Å². The van der Waals surface area contributed by atoms with E-state index in [1.807, 2.05) is 24.3 Å². The standard InChI is InChI=1S/C19H18FN5O2/c20-17-7-5-16(6-8-17)19(27)23-10-18(26)22-9-14-1-3-15(4-2-14)11-25-13-21-12-24-25/h1-8,12-13H,9-11H2,(H,22,26)(H,23,27). The number of hydrogen-bond acceptors (Lipinski definition) is 4. The molecule has 0 aliphatic heterocycles. The van der Waals surface area contributed by atoms with Crippen molar-refractivity contribution in [1.29, 1.82) is 0 Å². The van der Waals surface area contributed by atoms with Crippen LogP contribution >= 0.6 is 0 Å². The number of rotatable bonds is 7. The molecule has 3 aromatic rings. The van der Waals surface area contributed by atoms with E-state index in [9.17, 15) is 14.0 Å². The Morgan fingerprint density at radius 2 is 1.67 bits per heavy atom. The van der Waals surface area contributed by atoms with Gasteiger partial charge in [-0.1, -0.05) is 24.3 Å². The van der Waals surface area contributed by atoms with E-state index >= 15 is 0 Å². The lowest BCUT2D eigenvalue weighted by Crippen LogP contribution is -2.36. The van der Waals surface area contributed by atoms with Crippen LogP contribution in [0.1, 0.15) is 21.5 Å². The van der Waals surface area contributed by atoms with Crippen LogP contribution in [0.5, 0.6) is 0 Å². The molecule has 7 nitrogen and oxygen atoms in total. The lowest BCUT2D eigenvalue weighted by molar-refractivity contribution is -0.120. The molecule has 3 rings (SSSR count). The molecule has 0 fully saturated rings. The van der Waals surface area contributed by atoms with Crippen molar-refractivity contribution in [1.82, 2.24) is 25.4 Å². The van der Waals surface area contributed by atoms with E-state index in [-0.39, 0.29) is 12.5 Å². The van der Waals surface area contributed by atoms with Crippen LogP contribution in [0, 0.1) is 5.82 Å². The third kappa shape index (κ3) is 5.46. The van der Waals surface area contributed by atoms with Crippen molar-refractivity contribution in [3.8, 4) is 0 Å². The number of aromatic nitrogens is 3. The molecule has 0 spiro atoms. The topological polar surface area (TPSA) is 88.9 Å². The third-order valence-electron chi connectivity index (χ3n) is 3.84. The Labute approximate surface area is 155 Å². The van der Waals surface area contributed by atoms with E-state index in [1.54, 1.807) is 11.0 Å². The van der Waals surface area contributed by atoms with Gasteiger partial charge in [0.05, 0.1) is 13.1 Å². The number of nitrogens with one attached hydrogen (secondary N) is 2. The van der Waals surface area contributed by atoms with E-state index in [2.05, 4.69) is 20.7 Å². The molecule has 8 heteroatoms. The lowest BCUT2D eigenvalue weighted by atomic mass is 10.1. The van der Waals surface area contributed by atoms with Crippen molar-refractivity contribution in [3.05, 3.63) is 83.7 Å². The Morgan fingerprint density at radius 3 is 2.33 bits per heavy atom. The fourth-order valence-electron chi connectivity index (χ4n) is 2.39. The zero-order valence-electron chi connectivity index (χ0n) is 14.4. The number of carbonyl (C=O) groups excluding carboxylic acids is 2. The van der Waals surface area contributed by atoms with E-state index in [4.69, 9.17) is 0 Å². The van der Waals surface area contributed by atoms with Gasteiger partial charge in [0.15, 0.2) is 0 Å². The lowest BCUT2D eigenvalue weighted by Gasteiger charge is -2.08. The van der Waals surface area contributed by atoms with Gasteiger partial charge in [-0.2, -0.15) is 5.10 Å². The zero-order valence-corrected chi connectivity index (χ0v) is 14.4. The molecule has 0 radical (unpaired) electrons. The van der Waals surface area contributed by atoms with Crippen molar-refractivity contribution in [3.63, 3.8) is 0 Å². The zero-order chi connectivity index (χ0) is 19.1. The molecule has 1 aromatic heterocycles. The molecular weight excluding hydrogens is 349 g/mol. The molecule has 0 bridgehead atoms. The Morgan fingerprint density at radius 1 is 0.963 bits per heavy atom. The summed E-state index contributed by atoms with van der Waals surface area (Å²) >= 11 is 0. The highest BCUT2D eigenvalue weighted by Gasteiger charge is 2.08. The molecule has 0 atom stereocenters. The minimum absolute atomic E-state index is 0.152. The highest BCUT2D eigenvalue weighted by molar-refractivity contribution is 5.96. The van der Waals surface area contributed by atoms with Crippen LogP contribution in [0.2, 0.25) is 0 Å². The van der Waals surface area contributed by atoms with Crippen LogP contribution < -0.4 is 10.6 Å². The number of hydrogen-bond donors (Lipinski definition) is 2. The Bertz CT molecular complexity index is 893. The Hall–Kier alpha value is -3.55. The maximum Gasteiger partial charge on any atom is 0.251 e. The summed E-state index contributed by atoms with van der Waals surface area (Å²) in [6.07, 6.45) is 3.13. The first kappa shape index (κ1) is 18.2. The van der Waals surface area contributed by atoms with Gasteiger partial charge in [-0.25, -0.2) is 14.1 Å². The molecule has 2 amide bonds. The van der Waals surface area contributed by atoms with Gasteiger partial charge in [0.25, 0.3) is 5.91 Å². The number of amides is 2. The molecule has 27 heavy (non-hydrogen) atoms. The second kappa shape index (κ2) is 8.70. The predicted octanol–water partition coefficient (Wildman–Crippen LogP) is 1.51. The number of carbonyl (C=O) groups is 2. The minimum Gasteiger partial charge on any atom is -0.350 e. The van der Waals surface area contributed by atoms with Gasteiger partial charge in [-0.15, -0.1) is 0 Å². The van der Waals surface area contributed by atoms with Crippen LogP contribution in [0.4, 0.5) is 4.39 Å². The van der Waals surface area contributed by atoms with Crippen LogP contribution in [-0.2, 0) is 17.9 Å². The van der Waals surface area contributed by atoms with Crippen molar-refractivity contribution in [2.24, 2.45) is 0 Å². The molecule has 0 saturated heterocycles. The molecule has 2 N–H and O–H groups in total. The molecule has 2 aromatic carbocycles. The van der Waals surface area contributed by atoms with E-state index in [1.165, 1.54) is 30.6 Å². The molecule has 1 heterocycles. The van der Waals surface area contributed by atoms with Gasteiger partial charge in [0.1, 0.15) is 18.5 Å². The third-order valence-corrected chi connectivity index (χ3v) is 3.84. The first-order chi connectivity index (χ1) is 13.1. The fraction of sp³-hybridized carbons (Fsp3) is 0.158.